The second kappa shape index (κ2) is 5.46. The number of hydrogen-bond acceptors (Lipinski definition) is 4. The second-order valence-electron chi connectivity index (χ2n) is 4.81. The number of ether oxygens (including phenoxy) is 1. The number of nitrogens with one attached hydrogen (secondary N) is 1. The molecule has 4 nitrogen and oxygen atoms in total. The van der Waals surface area contributed by atoms with Crippen LogP contribution in [0.3, 0.4) is 0 Å². The highest BCUT2D eigenvalue weighted by molar-refractivity contribution is 7.94. The smallest absolute Gasteiger partial charge is 0.262 e. The number of hydrogen-bond donors (Lipinski definition) is 1. The third-order valence-corrected chi connectivity index (χ3v) is 4.76. The van der Waals surface area contributed by atoms with Gasteiger partial charge in [-0.05, 0) is 41.2 Å². The monoisotopic (exact) mass is 319 g/mol. The van der Waals surface area contributed by atoms with Crippen molar-refractivity contribution in [2.24, 2.45) is 0 Å². The molecular weight excluding hydrogens is 306 g/mol. The molecule has 0 saturated carbocycles. The van der Waals surface area contributed by atoms with Crippen LogP contribution in [-0.2, 0) is 9.84 Å². The lowest BCUT2D eigenvalue weighted by Gasteiger charge is -2.13. The summed E-state index contributed by atoms with van der Waals surface area (Å²) in [6.07, 6.45) is 1.57. The van der Waals surface area contributed by atoms with Gasteiger partial charge in [0.1, 0.15) is 5.75 Å². The SMILES string of the molecule is O=S1(=O)C=CC(NC(=S)Oc2ccc3ccccc3c2)C1. The van der Waals surface area contributed by atoms with Crippen molar-refractivity contribution in [3.05, 3.63) is 53.9 Å². The predicted octanol–water partition coefficient (Wildman–Crippen LogP) is 2.40. The first-order chi connectivity index (χ1) is 10.0. The van der Waals surface area contributed by atoms with E-state index in [2.05, 4.69) is 5.32 Å². The highest BCUT2D eigenvalue weighted by atomic mass is 32.2. The number of sulfone groups is 1. The van der Waals surface area contributed by atoms with Crippen molar-refractivity contribution in [3.63, 3.8) is 0 Å². The van der Waals surface area contributed by atoms with Crippen LogP contribution in [0, 0.1) is 0 Å². The average molecular weight is 319 g/mol. The van der Waals surface area contributed by atoms with Crippen LogP contribution in [0.4, 0.5) is 0 Å². The number of thiocarbonyl (C=S) groups is 1. The third kappa shape index (κ3) is 3.40. The van der Waals surface area contributed by atoms with Crippen molar-refractivity contribution in [2.75, 3.05) is 5.75 Å². The zero-order valence-electron chi connectivity index (χ0n) is 11.0. The first-order valence-electron chi connectivity index (χ1n) is 6.40. The van der Waals surface area contributed by atoms with E-state index in [0.29, 0.717) is 5.75 Å². The van der Waals surface area contributed by atoms with Gasteiger partial charge < -0.3 is 10.1 Å². The standard InChI is InChI=1S/C15H13NO3S2/c17-21(18)8-7-13(10-21)16-15(20)19-14-6-5-11-3-1-2-4-12(11)9-14/h1-9,13H,10H2,(H,16,20). The molecule has 2 aromatic carbocycles. The molecule has 0 fully saturated rings. The Balaban J connectivity index is 1.68. The Morgan fingerprint density at radius 1 is 1.19 bits per heavy atom. The average Bonchev–Trinajstić information content (AvgIpc) is 2.77. The van der Waals surface area contributed by atoms with Crippen LogP contribution in [0.25, 0.3) is 10.8 Å². The second-order valence-corrected chi connectivity index (χ2v) is 7.11. The fraction of sp³-hybridized carbons (Fsp3) is 0.133. The lowest BCUT2D eigenvalue weighted by atomic mass is 10.1. The van der Waals surface area contributed by atoms with Crippen molar-refractivity contribution < 1.29 is 13.2 Å². The Kier molecular flexibility index (Phi) is 3.65. The highest BCUT2D eigenvalue weighted by Crippen LogP contribution is 2.20. The van der Waals surface area contributed by atoms with Crippen LogP contribution < -0.4 is 10.1 Å². The zero-order chi connectivity index (χ0) is 14.9. The Bertz CT molecular complexity index is 828. The zero-order valence-corrected chi connectivity index (χ0v) is 12.7. The van der Waals surface area contributed by atoms with Gasteiger partial charge in [-0.25, -0.2) is 8.42 Å². The van der Waals surface area contributed by atoms with Gasteiger partial charge in [-0.15, -0.1) is 0 Å². The molecule has 0 aliphatic carbocycles. The lowest BCUT2D eigenvalue weighted by molar-refractivity contribution is 0.525. The van der Waals surface area contributed by atoms with E-state index in [4.69, 9.17) is 17.0 Å². The molecule has 1 atom stereocenters. The number of fused-ring (bicyclic) bond motifs is 1. The Labute approximate surface area is 128 Å². The Morgan fingerprint density at radius 2 is 1.95 bits per heavy atom. The molecule has 108 valence electrons. The first-order valence-corrected chi connectivity index (χ1v) is 8.52. The quantitative estimate of drug-likeness (QED) is 0.862. The molecule has 1 aliphatic rings. The molecule has 0 saturated heterocycles. The van der Waals surface area contributed by atoms with Crippen molar-refractivity contribution in [1.29, 1.82) is 0 Å². The molecule has 0 bridgehead atoms. The van der Waals surface area contributed by atoms with E-state index < -0.39 is 9.84 Å². The number of rotatable bonds is 2. The normalized spacial score (nSPS) is 19.5. The van der Waals surface area contributed by atoms with E-state index in [1.165, 1.54) is 5.41 Å². The molecule has 3 rings (SSSR count). The molecule has 1 unspecified atom stereocenters. The summed E-state index contributed by atoms with van der Waals surface area (Å²) in [7, 11) is -3.10. The van der Waals surface area contributed by atoms with Crippen molar-refractivity contribution in [3.8, 4) is 5.75 Å². The largest absolute Gasteiger partial charge is 0.432 e. The Hall–Kier alpha value is -1.92. The van der Waals surface area contributed by atoms with Gasteiger partial charge in [0.2, 0.25) is 0 Å². The van der Waals surface area contributed by atoms with Crippen LogP contribution in [0.2, 0.25) is 0 Å². The van der Waals surface area contributed by atoms with Crippen LogP contribution in [0.15, 0.2) is 53.9 Å². The van der Waals surface area contributed by atoms with Gasteiger partial charge in [0.15, 0.2) is 9.84 Å². The minimum absolute atomic E-state index is 0.00816. The third-order valence-electron chi connectivity index (χ3n) is 3.16. The van der Waals surface area contributed by atoms with E-state index in [0.717, 1.165) is 10.8 Å². The summed E-state index contributed by atoms with van der Waals surface area (Å²) in [6.45, 7) is 0. The topological polar surface area (TPSA) is 55.4 Å². The van der Waals surface area contributed by atoms with Gasteiger partial charge in [-0.1, -0.05) is 30.3 Å². The molecular formula is C15H13NO3S2. The van der Waals surface area contributed by atoms with E-state index in [-0.39, 0.29) is 17.0 Å². The van der Waals surface area contributed by atoms with Gasteiger partial charge in [-0.3, -0.25) is 0 Å². The Morgan fingerprint density at radius 3 is 2.67 bits per heavy atom. The fourth-order valence-corrected chi connectivity index (χ4v) is 3.67. The summed E-state index contributed by atoms with van der Waals surface area (Å²) in [6, 6.07) is 13.3. The molecule has 21 heavy (non-hydrogen) atoms. The maximum Gasteiger partial charge on any atom is 0.262 e. The van der Waals surface area contributed by atoms with Gasteiger partial charge in [0.05, 0.1) is 11.8 Å². The molecule has 0 aromatic heterocycles. The van der Waals surface area contributed by atoms with Crippen molar-refractivity contribution in [2.45, 2.75) is 6.04 Å². The molecule has 1 N–H and O–H groups in total. The minimum Gasteiger partial charge on any atom is -0.432 e. The predicted molar refractivity (Wildman–Crippen MR) is 87.0 cm³/mol. The number of benzene rings is 2. The van der Waals surface area contributed by atoms with Gasteiger partial charge >= 0.3 is 0 Å². The molecule has 0 radical (unpaired) electrons. The van der Waals surface area contributed by atoms with Crippen molar-refractivity contribution >= 4 is 38.0 Å². The fourth-order valence-electron chi connectivity index (χ4n) is 2.18. The van der Waals surface area contributed by atoms with Crippen molar-refractivity contribution in [1.82, 2.24) is 5.32 Å². The van der Waals surface area contributed by atoms with E-state index in [9.17, 15) is 8.42 Å². The van der Waals surface area contributed by atoms with Crippen LogP contribution >= 0.6 is 12.2 Å². The molecule has 6 heteroatoms. The molecule has 0 spiro atoms. The lowest BCUT2D eigenvalue weighted by Crippen LogP contribution is -2.37. The van der Waals surface area contributed by atoms with E-state index >= 15 is 0 Å². The maximum atomic E-state index is 11.3. The first kappa shape index (κ1) is 14.0. The summed E-state index contributed by atoms with van der Waals surface area (Å²) in [5.74, 6) is 0.629. The van der Waals surface area contributed by atoms with Crippen LogP contribution in [0.1, 0.15) is 0 Å². The van der Waals surface area contributed by atoms with E-state index in [1.54, 1.807) is 6.08 Å². The van der Waals surface area contributed by atoms with Crippen LogP contribution in [0.5, 0.6) is 5.75 Å². The van der Waals surface area contributed by atoms with Gasteiger partial charge in [-0.2, -0.15) is 0 Å². The highest BCUT2D eigenvalue weighted by Gasteiger charge is 2.22. The van der Waals surface area contributed by atoms with E-state index in [1.807, 2.05) is 42.5 Å². The van der Waals surface area contributed by atoms with Crippen LogP contribution in [-0.4, -0.2) is 25.4 Å². The summed E-state index contributed by atoms with van der Waals surface area (Å²) < 4.78 is 28.2. The summed E-state index contributed by atoms with van der Waals surface area (Å²) in [5, 5.41) is 6.41. The summed E-state index contributed by atoms with van der Waals surface area (Å²) in [4.78, 5) is 0. The van der Waals surface area contributed by atoms with Gasteiger partial charge in [0.25, 0.3) is 5.17 Å². The van der Waals surface area contributed by atoms with Gasteiger partial charge in [0, 0.05) is 5.41 Å². The maximum absolute atomic E-state index is 11.3. The summed E-state index contributed by atoms with van der Waals surface area (Å²) >= 11 is 5.11. The molecule has 1 aliphatic heterocycles. The molecule has 2 aromatic rings. The minimum atomic E-state index is -3.10. The molecule has 0 amide bonds. The molecule has 1 heterocycles. The summed E-state index contributed by atoms with van der Waals surface area (Å²) in [5.41, 5.74) is 0.